The van der Waals surface area contributed by atoms with Gasteiger partial charge >= 0.3 is 0 Å². The minimum absolute atomic E-state index is 0.0833. The van der Waals surface area contributed by atoms with Gasteiger partial charge in [0.05, 0.1) is 5.75 Å². The van der Waals surface area contributed by atoms with Crippen LogP contribution in [-0.2, 0) is 9.59 Å². The molecule has 0 saturated heterocycles. The van der Waals surface area contributed by atoms with Crippen molar-refractivity contribution in [3.63, 3.8) is 0 Å². The third-order valence-electron chi connectivity index (χ3n) is 4.78. The number of nitrogens with one attached hydrogen (secondary N) is 2. The highest BCUT2D eigenvalue weighted by atomic mass is 32.2. The van der Waals surface area contributed by atoms with Crippen molar-refractivity contribution in [3.8, 4) is 17.1 Å². The fraction of sp³-hybridized carbons (Fsp3) is 0.304. The van der Waals surface area contributed by atoms with Crippen LogP contribution in [0.3, 0.4) is 0 Å². The van der Waals surface area contributed by atoms with Crippen LogP contribution in [0.4, 0.5) is 4.39 Å². The van der Waals surface area contributed by atoms with Gasteiger partial charge in [-0.05, 0) is 49.7 Å². The number of hydrogen-bond donors (Lipinski definition) is 2. The minimum atomic E-state index is -0.330. The van der Waals surface area contributed by atoms with Crippen molar-refractivity contribution in [1.29, 1.82) is 0 Å². The van der Waals surface area contributed by atoms with E-state index < -0.39 is 0 Å². The smallest absolute Gasteiger partial charge is 0.230 e. The van der Waals surface area contributed by atoms with Crippen molar-refractivity contribution in [1.82, 2.24) is 25.4 Å². The number of thioether (sulfide) groups is 1. The molecule has 2 N–H and O–H groups in total. The largest absolute Gasteiger partial charge is 0.355 e. The summed E-state index contributed by atoms with van der Waals surface area (Å²) in [5.74, 6) is 0.0725. The van der Waals surface area contributed by atoms with Gasteiger partial charge in [0, 0.05) is 30.3 Å². The normalized spacial score (nSPS) is 11.7. The summed E-state index contributed by atoms with van der Waals surface area (Å²) in [5, 5.41) is 14.7. The third-order valence-corrected chi connectivity index (χ3v) is 5.71. The molecule has 0 fully saturated rings. The van der Waals surface area contributed by atoms with Crippen LogP contribution in [0.15, 0.2) is 59.8 Å². The van der Waals surface area contributed by atoms with Crippen molar-refractivity contribution in [2.24, 2.45) is 0 Å². The minimum Gasteiger partial charge on any atom is -0.355 e. The summed E-state index contributed by atoms with van der Waals surface area (Å²) < 4.78 is 15.2. The number of aromatic nitrogens is 3. The van der Waals surface area contributed by atoms with Crippen molar-refractivity contribution >= 4 is 23.6 Å². The molecule has 1 atom stereocenters. The van der Waals surface area contributed by atoms with E-state index in [2.05, 4.69) is 20.8 Å². The van der Waals surface area contributed by atoms with E-state index in [1.807, 2.05) is 48.7 Å². The number of amides is 2. The summed E-state index contributed by atoms with van der Waals surface area (Å²) in [4.78, 5) is 24.1. The number of rotatable bonds is 10. The Morgan fingerprint density at radius 2 is 1.78 bits per heavy atom. The maximum atomic E-state index is 13.4. The molecule has 0 aliphatic carbocycles. The lowest BCUT2D eigenvalue weighted by Gasteiger charge is -2.12. The van der Waals surface area contributed by atoms with Crippen molar-refractivity contribution in [2.45, 2.75) is 37.9 Å². The standard InChI is InChI=1S/C23H26FN5O2S/c1-3-16(2)26-20(30)13-14-25-21(31)15-32-23-28-27-22(17-9-11-18(24)12-10-17)29(23)19-7-5-4-6-8-19/h4-12,16H,3,13-15H2,1-2H3,(H,25,31)(H,26,30). The first-order chi connectivity index (χ1) is 15.5. The molecule has 3 rings (SSSR count). The fourth-order valence-electron chi connectivity index (χ4n) is 2.90. The Morgan fingerprint density at radius 1 is 1.06 bits per heavy atom. The molecule has 0 spiro atoms. The second kappa shape index (κ2) is 11.4. The molecule has 0 aliphatic rings. The SMILES string of the molecule is CCC(C)NC(=O)CCNC(=O)CSc1nnc(-c2ccc(F)cc2)n1-c1ccccc1. The Hall–Kier alpha value is -3.20. The fourth-order valence-corrected chi connectivity index (χ4v) is 3.69. The van der Waals surface area contributed by atoms with Crippen LogP contribution in [0, 0.1) is 5.82 Å². The van der Waals surface area contributed by atoms with E-state index >= 15 is 0 Å². The molecular formula is C23H26FN5O2S. The predicted molar refractivity (Wildman–Crippen MR) is 123 cm³/mol. The van der Waals surface area contributed by atoms with Crippen molar-refractivity contribution in [3.05, 3.63) is 60.4 Å². The number of nitrogens with zero attached hydrogens (tertiary/aromatic N) is 3. The van der Waals surface area contributed by atoms with Gasteiger partial charge in [0.1, 0.15) is 5.82 Å². The summed E-state index contributed by atoms with van der Waals surface area (Å²) >= 11 is 1.24. The van der Waals surface area contributed by atoms with Crippen LogP contribution >= 0.6 is 11.8 Å². The monoisotopic (exact) mass is 455 g/mol. The molecule has 0 aliphatic heterocycles. The van der Waals surface area contributed by atoms with E-state index in [-0.39, 0.29) is 42.4 Å². The number of carbonyl (C=O) groups excluding carboxylic acids is 2. The van der Waals surface area contributed by atoms with Gasteiger partial charge in [-0.15, -0.1) is 10.2 Å². The molecule has 1 heterocycles. The first-order valence-corrected chi connectivity index (χ1v) is 11.4. The van der Waals surface area contributed by atoms with Crippen LogP contribution in [-0.4, -0.2) is 44.9 Å². The Bertz CT molecular complexity index is 1040. The number of halogens is 1. The van der Waals surface area contributed by atoms with E-state index in [9.17, 15) is 14.0 Å². The summed E-state index contributed by atoms with van der Waals surface area (Å²) in [6.07, 6.45) is 1.09. The maximum absolute atomic E-state index is 13.4. The van der Waals surface area contributed by atoms with Crippen LogP contribution in [0.5, 0.6) is 0 Å². The van der Waals surface area contributed by atoms with Crippen molar-refractivity contribution in [2.75, 3.05) is 12.3 Å². The average molecular weight is 456 g/mol. The highest BCUT2D eigenvalue weighted by Gasteiger charge is 2.17. The van der Waals surface area contributed by atoms with Gasteiger partial charge in [-0.1, -0.05) is 36.9 Å². The summed E-state index contributed by atoms with van der Waals surface area (Å²) in [6.45, 7) is 4.21. The third kappa shape index (κ3) is 6.40. The molecular weight excluding hydrogens is 429 g/mol. The number of carbonyl (C=O) groups is 2. The van der Waals surface area contributed by atoms with E-state index in [0.29, 0.717) is 16.5 Å². The van der Waals surface area contributed by atoms with Crippen LogP contribution in [0.25, 0.3) is 17.1 Å². The second-order valence-corrected chi connectivity index (χ2v) is 8.19. The molecule has 168 valence electrons. The number of hydrogen-bond acceptors (Lipinski definition) is 5. The summed E-state index contributed by atoms with van der Waals surface area (Å²) in [5.41, 5.74) is 1.55. The first kappa shape index (κ1) is 23.5. The Morgan fingerprint density at radius 3 is 2.47 bits per heavy atom. The Labute approximate surface area is 190 Å². The molecule has 1 unspecified atom stereocenters. The van der Waals surface area contributed by atoms with Crippen LogP contribution in [0.1, 0.15) is 26.7 Å². The average Bonchev–Trinajstić information content (AvgIpc) is 3.22. The molecule has 9 heteroatoms. The molecule has 0 bridgehead atoms. The van der Waals surface area contributed by atoms with E-state index in [0.717, 1.165) is 12.1 Å². The quantitative estimate of drug-likeness (QED) is 0.456. The van der Waals surface area contributed by atoms with E-state index in [1.54, 1.807) is 12.1 Å². The van der Waals surface area contributed by atoms with Gasteiger partial charge in [0.25, 0.3) is 0 Å². The van der Waals surface area contributed by atoms with E-state index in [1.165, 1.54) is 23.9 Å². The van der Waals surface area contributed by atoms with Crippen molar-refractivity contribution < 1.29 is 14.0 Å². The maximum Gasteiger partial charge on any atom is 0.230 e. The van der Waals surface area contributed by atoms with Gasteiger partial charge < -0.3 is 10.6 Å². The summed E-state index contributed by atoms with van der Waals surface area (Å²) in [7, 11) is 0. The highest BCUT2D eigenvalue weighted by Crippen LogP contribution is 2.28. The molecule has 2 amide bonds. The topological polar surface area (TPSA) is 88.9 Å². The van der Waals surface area contributed by atoms with Gasteiger partial charge in [-0.3, -0.25) is 14.2 Å². The van der Waals surface area contributed by atoms with Gasteiger partial charge in [0.2, 0.25) is 11.8 Å². The number of para-hydroxylation sites is 1. The van der Waals surface area contributed by atoms with Crippen LogP contribution in [0.2, 0.25) is 0 Å². The second-order valence-electron chi connectivity index (χ2n) is 7.25. The lowest BCUT2D eigenvalue weighted by atomic mass is 10.2. The van der Waals surface area contributed by atoms with Gasteiger partial charge in [-0.25, -0.2) is 4.39 Å². The predicted octanol–water partition coefficient (Wildman–Crippen LogP) is 3.59. The van der Waals surface area contributed by atoms with Gasteiger partial charge in [-0.2, -0.15) is 0 Å². The first-order valence-electron chi connectivity index (χ1n) is 10.4. The molecule has 0 radical (unpaired) electrons. The lowest BCUT2D eigenvalue weighted by Crippen LogP contribution is -2.35. The number of benzene rings is 2. The lowest BCUT2D eigenvalue weighted by molar-refractivity contribution is -0.122. The van der Waals surface area contributed by atoms with Crippen LogP contribution < -0.4 is 10.6 Å². The Balaban J connectivity index is 1.66. The molecule has 1 aromatic heterocycles. The zero-order valence-electron chi connectivity index (χ0n) is 18.0. The highest BCUT2D eigenvalue weighted by molar-refractivity contribution is 7.99. The van der Waals surface area contributed by atoms with E-state index in [4.69, 9.17) is 0 Å². The molecule has 32 heavy (non-hydrogen) atoms. The zero-order chi connectivity index (χ0) is 22.9. The summed E-state index contributed by atoms with van der Waals surface area (Å²) in [6, 6.07) is 15.7. The zero-order valence-corrected chi connectivity index (χ0v) is 18.9. The molecule has 2 aromatic carbocycles. The molecule has 0 saturated carbocycles. The molecule has 7 nitrogen and oxygen atoms in total. The Kier molecular flexibility index (Phi) is 8.38. The van der Waals surface area contributed by atoms with Gasteiger partial charge in [0.15, 0.2) is 11.0 Å². The molecule has 3 aromatic rings.